The van der Waals surface area contributed by atoms with Crippen LogP contribution in [0.15, 0.2) is 48.2 Å². The first kappa shape index (κ1) is 22.8. The fourth-order valence-corrected chi connectivity index (χ4v) is 5.88. The molecule has 0 saturated carbocycles. The molecule has 2 amide bonds. The van der Waals surface area contributed by atoms with Crippen LogP contribution in [-0.2, 0) is 41.7 Å². The van der Waals surface area contributed by atoms with Gasteiger partial charge in [-0.25, -0.2) is 0 Å². The van der Waals surface area contributed by atoms with Gasteiger partial charge >= 0.3 is 0 Å². The minimum Gasteiger partial charge on any atom is -0.755 e. The molecule has 2 aromatic carbocycles. The number of rotatable bonds is 6. The van der Waals surface area contributed by atoms with Gasteiger partial charge in [-0.1, -0.05) is 24.3 Å². The highest BCUT2D eigenvalue weighted by Crippen LogP contribution is 2.39. The lowest BCUT2D eigenvalue weighted by molar-refractivity contribution is -0.113. The average Bonchev–Trinajstić information content (AvgIpc) is 3.60. The SMILES string of the molecule is O=C(Nc1c2c(cc3c1CCC3)CCC2)C(=CNS(=O)[O-])C1CCCN1C(=O)c1ccccc1. The van der Waals surface area contributed by atoms with E-state index in [4.69, 9.17) is 0 Å². The van der Waals surface area contributed by atoms with Crippen LogP contribution in [0, 0.1) is 0 Å². The van der Waals surface area contributed by atoms with E-state index in [-0.39, 0.29) is 17.4 Å². The lowest BCUT2D eigenvalue weighted by Gasteiger charge is -2.27. The van der Waals surface area contributed by atoms with E-state index in [0.29, 0.717) is 18.5 Å². The molecule has 0 aromatic heterocycles. The lowest BCUT2D eigenvalue weighted by Crippen LogP contribution is -2.40. The quantitative estimate of drug-likeness (QED) is 0.492. The van der Waals surface area contributed by atoms with Gasteiger partial charge in [0.1, 0.15) is 0 Å². The Kier molecular flexibility index (Phi) is 6.52. The summed E-state index contributed by atoms with van der Waals surface area (Å²) in [6.07, 6.45) is 8.62. The Morgan fingerprint density at radius 3 is 2.32 bits per heavy atom. The maximum atomic E-state index is 13.7. The van der Waals surface area contributed by atoms with Gasteiger partial charge in [0, 0.05) is 35.3 Å². The van der Waals surface area contributed by atoms with Crippen molar-refractivity contribution < 1.29 is 18.4 Å². The summed E-state index contributed by atoms with van der Waals surface area (Å²) in [4.78, 5) is 28.5. The molecular formula is C26H28N3O4S-. The number of amides is 2. The molecule has 1 fully saturated rings. The lowest BCUT2D eigenvalue weighted by atomic mass is 9.97. The molecule has 0 spiro atoms. The van der Waals surface area contributed by atoms with Crippen molar-refractivity contribution in [2.75, 3.05) is 11.9 Å². The average molecular weight is 479 g/mol. The molecule has 7 nitrogen and oxygen atoms in total. The number of carbonyl (C=O) groups excluding carboxylic acids is 2. The zero-order valence-electron chi connectivity index (χ0n) is 19.0. The van der Waals surface area contributed by atoms with Crippen LogP contribution in [-0.4, -0.2) is 38.1 Å². The number of likely N-dealkylation sites (tertiary alicyclic amines) is 1. The Hall–Kier alpha value is -2.97. The number of fused-ring (bicyclic) bond motifs is 2. The molecule has 2 N–H and O–H groups in total. The number of hydrogen-bond acceptors (Lipinski definition) is 4. The molecule has 1 saturated heterocycles. The zero-order valence-corrected chi connectivity index (χ0v) is 19.8. The molecule has 2 aliphatic carbocycles. The number of carbonyl (C=O) groups is 2. The Bertz CT molecular complexity index is 1150. The summed E-state index contributed by atoms with van der Waals surface area (Å²) < 4.78 is 24.8. The topological polar surface area (TPSA) is 102 Å². The van der Waals surface area contributed by atoms with Crippen LogP contribution in [0.25, 0.3) is 0 Å². The predicted molar refractivity (Wildman–Crippen MR) is 130 cm³/mol. The second-order valence-electron chi connectivity index (χ2n) is 9.16. The molecule has 0 radical (unpaired) electrons. The minimum absolute atomic E-state index is 0.161. The van der Waals surface area contributed by atoms with E-state index in [0.717, 1.165) is 50.6 Å². The van der Waals surface area contributed by atoms with Gasteiger partial charge < -0.3 is 19.5 Å². The smallest absolute Gasteiger partial charge is 0.255 e. The number of hydrogen-bond donors (Lipinski definition) is 2. The molecule has 34 heavy (non-hydrogen) atoms. The van der Waals surface area contributed by atoms with Gasteiger partial charge in [0.25, 0.3) is 11.8 Å². The summed E-state index contributed by atoms with van der Waals surface area (Å²) in [5.74, 6) is -0.517. The molecule has 2 aromatic rings. The highest BCUT2D eigenvalue weighted by Gasteiger charge is 2.35. The van der Waals surface area contributed by atoms with Gasteiger partial charge in [-0.2, -0.15) is 0 Å². The van der Waals surface area contributed by atoms with Crippen molar-refractivity contribution in [3.05, 3.63) is 76.0 Å². The molecule has 0 bridgehead atoms. The van der Waals surface area contributed by atoms with Crippen LogP contribution in [0.5, 0.6) is 0 Å². The molecule has 178 valence electrons. The molecule has 5 rings (SSSR count). The van der Waals surface area contributed by atoms with Crippen molar-refractivity contribution in [1.29, 1.82) is 0 Å². The highest BCUT2D eigenvalue weighted by molar-refractivity contribution is 7.77. The second-order valence-corrected chi connectivity index (χ2v) is 9.87. The van der Waals surface area contributed by atoms with Gasteiger partial charge in [0.15, 0.2) is 0 Å². The van der Waals surface area contributed by atoms with Crippen LogP contribution < -0.4 is 10.0 Å². The van der Waals surface area contributed by atoms with Crippen molar-refractivity contribution in [3.63, 3.8) is 0 Å². The maximum Gasteiger partial charge on any atom is 0.255 e. The third kappa shape index (κ3) is 4.40. The normalized spacial score (nSPS) is 20.1. The van der Waals surface area contributed by atoms with Crippen molar-refractivity contribution >= 4 is 28.8 Å². The van der Waals surface area contributed by atoms with E-state index >= 15 is 0 Å². The standard InChI is InChI=1S/C26H29N3O4S/c30-25(28-24-20-11-4-9-18(20)15-19-10-5-12-21(19)24)22(16-27-34(32)33)23-13-6-14-29(23)26(31)17-7-2-1-3-8-17/h1-3,7-8,15-16,23,27H,4-6,9-14H2,(H,28,30)(H,32,33)/p-1. The number of aryl methyl sites for hydroxylation is 2. The Labute approximate surface area is 202 Å². The van der Waals surface area contributed by atoms with Gasteiger partial charge in [-0.15, -0.1) is 0 Å². The van der Waals surface area contributed by atoms with E-state index in [2.05, 4.69) is 16.1 Å². The molecule has 2 unspecified atom stereocenters. The summed E-state index contributed by atoms with van der Waals surface area (Å²) in [6.45, 7) is 0.514. The summed E-state index contributed by atoms with van der Waals surface area (Å²) in [6, 6.07) is 10.8. The van der Waals surface area contributed by atoms with Gasteiger partial charge in [-0.3, -0.25) is 13.8 Å². The van der Waals surface area contributed by atoms with E-state index in [9.17, 15) is 18.4 Å². The first-order valence-electron chi connectivity index (χ1n) is 11.9. The molecule has 2 atom stereocenters. The predicted octanol–water partition coefficient (Wildman–Crippen LogP) is 3.17. The maximum absolute atomic E-state index is 13.7. The van der Waals surface area contributed by atoms with Crippen LogP contribution >= 0.6 is 0 Å². The molecule has 8 heteroatoms. The fraction of sp³-hybridized carbons (Fsp3) is 0.385. The molecule has 1 heterocycles. The van der Waals surface area contributed by atoms with Crippen LogP contribution in [0.2, 0.25) is 0 Å². The van der Waals surface area contributed by atoms with Gasteiger partial charge in [0.2, 0.25) is 0 Å². The monoisotopic (exact) mass is 478 g/mol. The Morgan fingerprint density at radius 1 is 1.00 bits per heavy atom. The van der Waals surface area contributed by atoms with Crippen LogP contribution in [0.4, 0.5) is 5.69 Å². The first-order valence-corrected chi connectivity index (χ1v) is 13.0. The third-order valence-corrected chi connectivity index (χ3v) is 7.49. The summed E-state index contributed by atoms with van der Waals surface area (Å²) >= 11 is -2.57. The van der Waals surface area contributed by atoms with Crippen molar-refractivity contribution in [2.45, 2.75) is 57.4 Å². The number of nitrogens with zero attached hydrogens (tertiary/aromatic N) is 1. The van der Waals surface area contributed by atoms with Crippen molar-refractivity contribution in [3.8, 4) is 0 Å². The van der Waals surface area contributed by atoms with E-state index < -0.39 is 17.3 Å². The summed E-state index contributed by atoms with van der Waals surface area (Å²) in [5, 5.41) is 3.16. The minimum atomic E-state index is -2.57. The fourth-order valence-electron chi connectivity index (χ4n) is 5.66. The Morgan fingerprint density at radius 2 is 1.68 bits per heavy atom. The van der Waals surface area contributed by atoms with E-state index in [1.165, 1.54) is 28.5 Å². The molecule has 3 aliphatic rings. The molecular weight excluding hydrogens is 450 g/mol. The van der Waals surface area contributed by atoms with Crippen molar-refractivity contribution in [1.82, 2.24) is 9.62 Å². The summed E-state index contributed by atoms with van der Waals surface area (Å²) in [5.41, 5.74) is 6.74. The van der Waals surface area contributed by atoms with Gasteiger partial charge in [-0.05, 0) is 85.8 Å². The first-order chi connectivity index (χ1) is 16.5. The third-order valence-electron chi connectivity index (χ3n) is 7.18. The van der Waals surface area contributed by atoms with Crippen LogP contribution in [0.1, 0.15) is 58.3 Å². The summed E-state index contributed by atoms with van der Waals surface area (Å²) in [7, 11) is 0. The van der Waals surface area contributed by atoms with Gasteiger partial charge in [0.05, 0.1) is 11.6 Å². The second kappa shape index (κ2) is 9.72. The highest BCUT2D eigenvalue weighted by atomic mass is 32.2. The number of benzene rings is 2. The Balaban J connectivity index is 1.47. The van der Waals surface area contributed by atoms with E-state index in [1.807, 2.05) is 6.07 Å². The zero-order chi connectivity index (χ0) is 23.7. The number of anilines is 1. The van der Waals surface area contributed by atoms with E-state index in [1.54, 1.807) is 29.2 Å². The van der Waals surface area contributed by atoms with Crippen LogP contribution in [0.3, 0.4) is 0 Å². The molecule has 1 aliphatic heterocycles. The largest absolute Gasteiger partial charge is 0.755 e. The van der Waals surface area contributed by atoms with Crippen molar-refractivity contribution in [2.24, 2.45) is 0 Å². The number of nitrogens with one attached hydrogen (secondary N) is 2.